The van der Waals surface area contributed by atoms with E-state index in [0.717, 1.165) is 19.3 Å². The summed E-state index contributed by atoms with van der Waals surface area (Å²) in [6.45, 7) is 15.4. The predicted molar refractivity (Wildman–Crippen MR) is 289 cm³/mol. The standard InChI is InChI=1S/C57H94O27S/c1-21(2)16-27(59)17-22(3)30-10-11-31-29-19-34(33-18-28(84-85(71,72)73)12-14-57(33,9)32(29)13-15-56(30,31)8)78-53-46(70)48(39(63)35(20-58)79-53)81-55-50(83-52-44(68)41(65)37(61)24(5)75-52)45(69)47(26(7)77-55)80-54-49(42(66)38(62)25(6)76-54)82-51-43(67)40(64)36(60)23(4)74-51/h13,21-26,28-31,33-55,58,60-70H,10-12,14-20H2,1-9H3,(H,71,72,73)/t22-,23-,24-,25-,26-,28+,29+,30-,31+,33-,34+,35-,36+,37-,38+,39-,40+,41+,42+,43-,44-,45+,46-,47-,48+,49-,50-,51+,52+,53-,54+,55+,56-,57-/m1/s1. The maximum atomic E-state index is 13.2. The Morgan fingerprint density at radius 2 is 1.09 bits per heavy atom. The summed E-state index contributed by atoms with van der Waals surface area (Å²) in [5.41, 5.74) is 0.394. The molecule has 28 heteroatoms. The number of carbonyl (C=O) groups excluding carboxylic acids is 1. The maximum absolute atomic E-state index is 13.2. The average molecular weight is 1240 g/mol. The third kappa shape index (κ3) is 13.5. The fraction of sp³-hybridized carbons (Fsp3) is 0.947. The van der Waals surface area contributed by atoms with Gasteiger partial charge in [0.05, 0.1) is 43.2 Å². The van der Waals surface area contributed by atoms with Crippen LogP contribution >= 0.6 is 0 Å². The number of fused-ring (bicyclic) bond motifs is 5. The SMILES string of the molecule is CC(C)CC(=O)C[C@@H](C)[C@H]1CC[C@H]2[C@@H]3C[C@H](O[C@@H]4O[C@H](CO)[C@@H](O)[C@H](O[C@@H]5O[C@H](C)[C@@H](O[C@@H]6O[C@H](C)[C@H](O)[C@H](O)[C@H]6O[C@@H]6O[C@H](C)[C@H](O)[C@H](O)[C@H]6O)[C@H](O)[C@H]5O[C@@H]5O[C@H](C)[C@@H](O)[C@H](O)[C@H]5O)[C@H]4O)[C@H]4C[C@@H](OS(=O)(=O)O)CC[C@]4(C)C3=CC[C@]12C. The van der Waals surface area contributed by atoms with Gasteiger partial charge in [0.1, 0.15) is 103 Å². The summed E-state index contributed by atoms with van der Waals surface area (Å²) in [5.74, 6) is 0.408. The van der Waals surface area contributed by atoms with Crippen molar-refractivity contribution >= 4 is 16.2 Å². The second-order valence-electron chi connectivity index (χ2n) is 26.8. The molecule has 0 amide bonds. The van der Waals surface area contributed by atoms with Crippen LogP contribution in [0, 0.1) is 46.3 Å². The lowest BCUT2D eigenvalue weighted by atomic mass is 9.47. The third-order valence-electron chi connectivity index (χ3n) is 20.6. The first-order valence-electron chi connectivity index (χ1n) is 30.3. The van der Waals surface area contributed by atoms with E-state index < -0.39 is 194 Å². The molecule has 0 aromatic carbocycles. The molecule has 27 nitrogen and oxygen atoms in total. The Morgan fingerprint density at radius 1 is 0.576 bits per heavy atom. The summed E-state index contributed by atoms with van der Waals surface area (Å²) >= 11 is 0. The van der Waals surface area contributed by atoms with E-state index in [0.29, 0.717) is 25.7 Å². The lowest BCUT2D eigenvalue weighted by Crippen LogP contribution is -2.68. The van der Waals surface area contributed by atoms with Crippen LogP contribution in [0.1, 0.15) is 120 Å². The van der Waals surface area contributed by atoms with Crippen molar-refractivity contribution in [2.24, 2.45) is 46.3 Å². The van der Waals surface area contributed by atoms with Crippen LogP contribution in [0.25, 0.3) is 0 Å². The second kappa shape index (κ2) is 26.6. The van der Waals surface area contributed by atoms with E-state index in [1.54, 1.807) is 0 Å². The van der Waals surface area contributed by atoms with Gasteiger partial charge in [-0.1, -0.05) is 46.3 Å². The van der Waals surface area contributed by atoms with Crippen molar-refractivity contribution in [1.82, 2.24) is 0 Å². The van der Waals surface area contributed by atoms with Crippen molar-refractivity contribution in [3.8, 4) is 0 Å². The molecule has 9 aliphatic rings. The number of aliphatic hydroxyl groups excluding tert-OH is 12. The summed E-state index contributed by atoms with van der Waals surface area (Å²) in [5, 5.41) is 134. The van der Waals surface area contributed by atoms with Crippen molar-refractivity contribution in [3.63, 3.8) is 0 Å². The Balaban J connectivity index is 0.997. The number of Topliss-reactive ketones (excluding diaryl/α,β-unsaturated/α-hetero) is 1. The van der Waals surface area contributed by atoms with E-state index in [1.807, 2.05) is 13.8 Å². The van der Waals surface area contributed by atoms with Gasteiger partial charge in [0.15, 0.2) is 31.5 Å². The maximum Gasteiger partial charge on any atom is 0.397 e. The molecule has 9 rings (SSSR count). The van der Waals surface area contributed by atoms with Crippen LogP contribution in [0.4, 0.5) is 0 Å². The van der Waals surface area contributed by atoms with Gasteiger partial charge in [0.25, 0.3) is 0 Å². The summed E-state index contributed by atoms with van der Waals surface area (Å²) < 4.78 is 101. The highest BCUT2D eigenvalue weighted by Crippen LogP contribution is 2.67. The molecule has 0 unspecified atom stereocenters. The fourth-order valence-corrected chi connectivity index (χ4v) is 16.5. The number of aliphatic hydroxyl groups is 12. The number of allylic oxidation sites excluding steroid dienone is 2. The van der Waals surface area contributed by atoms with Crippen LogP contribution in [0.3, 0.4) is 0 Å². The fourth-order valence-electron chi connectivity index (χ4n) is 16.0. The Kier molecular flexibility index (Phi) is 21.2. The minimum Gasteiger partial charge on any atom is -0.394 e. The Morgan fingerprint density at radius 3 is 1.66 bits per heavy atom. The quantitative estimate of drug-likeness (QED) is 0.0554. The Bertz CT molecular complexity index is 2410. The largest absolute Gasteiger partial charge is 0.397 e. The molecule has 3 saturated carbocycles. The first kappa shape index (κ1) is 67.8. The highest BCUT2D eigenvalue weighted by atomic mass is 32.3. The zero-order valence-corrected chi connectivity index (χ0v) is 50.5. The molecule has 85 heavy (non-hydrogen) atoms. The molecule has 5 aliphatic heterocycles. The summed E-state index contributed by atoms with van der Waals surface area (Å²) in [7, 11) is -4.88. The molecule has 5 saturated heterocycles. The first-order chi connectivity index (χ1) is 39.8. The van der Waals surface area contributed by atoms with E-state index in [4.69, 9.17) is 51.6 Å². The van der Waals surface area contributed by atoms with Gasteiger partial charge < -0.3 is 109 Å². The third-order valence-corrected chi connectivity index (χ3v) is 21.1. The van der Waals surface area contributed by atoms with Crippen LogP contribution in [-0.4, -0.2) is 252 Å². The van der Waals surface area contributed by atoms with E-state index in [-0.39, 0.29) is 53.6 Å². The number of hydrogen-bond acceptors (Lipinski definition) is 26. The van der Waals surface area contributed by atoms with Gasteiger partial charge in [-0.05, 0) is 119 Å². The predicted octanol–water partition coefficient (Wildman–Crippen LogP) is -1.40. The number of hydrogen-bond donors (Lipinski definition) is 13. The number of ether oxygens (including phenoxy) is 10. The van der Waals surface area contributed by atoms with Gasteiger partial charge in [-0.3, -0.25) is 9.35 Å². The summed E-state index contributed by atoms with van der Waals surface area (Å²) in [6, 6.07) is 0. The normalized spacial score (nSPS) is 51.8. The van der Waals surface area contributed by atoms with Crippen LogP contribution in [-0.2, 0) is 66.7 Å². The minimum absolute atomic E-state index is 0.0683. The van der Waals surface area contributed by atoms with Gasteiger partial charge >= 0.3 is 10.4 Å². The van der Waals surface area contributed by atoms with Crippen molar-refractivity contribution in [2.45, 2.75) is 286 Å². The topological polar surface area (TPSA) is 416 Å². The molecule has 0 radical (unpaired) electrons. The molecule has 34 atom stereocenters. The van der Waals surface area contributed by atoms with Crippen molar-refractivity contribution in [1.29, 1.82) is 0 Å². The van der Waals surface area contributed by atoms with E-state index in [2.05, 4.69) is 26.8 Å². The lowest BCUT2D eigenvalue weighted by molar-refractivity contribution is -0.406. The second-order valence-corrected chi connectivity index (χ2v) is 27.8. The zero-order chi connectivity index (χ0) is 62.3. The highest BCUT2D eigenvalue weighted by Gasteiger charge is 2.63. The molecule has 4 aliphatic carbocycles. The van der Waals surface area contributed by atoms with Crippen molar-refractivity contribution in [2.75, 3.05) is 6.61 Å². The molecule has 490 valence electrons. The molecule has 0 spiro atoms. The molecule has 5 heterocycles. The van der Waals surface area contributed by atoms with Crippen LogP contribution in [0.5, 0.6) is 0 Å². The van der Waals surface area contributed by atoms with Gasteiger partial charge in [0.2, 0.25) is 0 Å². The number of ketones is 1. The molecule has 8 fully saturated rings. The summed E-state index contributed by atoms with van der Waals surface area (Å²) in [4.78, 5) is 13.2. The van der Waals surface area contributed by atoms with E-state index in [9.17, 15) is 79.0 Å². The number of rotatable bonds is 18. The zero-order valence-electron chi connectivity index (χ0n) is 49.6. The van der Waals surface area contributed by atoms with Crippen LogP contribution in [0.2, 0.25) is 0 Å². The van der Waals surface area contributed by atoms with Crippen molar-refractivity contribution < 1.29 is 131 Å². The molecule has 0 bridgehead atoms. The van der Waals surface area contributed by atoms with Gasteiger partial charge in [-0.15, -0.1) is 0 Å². The molecular formula is C57H94O27S. The molecular weight excluding hydrogens is 1150 g/mol. The molecule has 13 N–H and O–H groups in total. The average Bonchev–Trinajstić information content (AvgIpc) is 1.75. The Hall–Kier alpha value is -1.60. The molecule has 0 aromatic heterocycles. The first-order valence-corrected chi connectivity index (χ1v) is 31.7. The minimum atomic E-state index is -4.88. The number of carbonyl (C=O) groups is 1. The lowest BCUT2D eigenvalue weighted by Gasteiger charge is -2.59. The van der Waals surface area contributed by atoms with Crippen LogP contribution in [0.15, 0.2) is 11.6 Å². The smallest absolute Gasteiger partial charge is 0.394 e. The Labute approximate surface area is 495 Å². The van der Waals surface area contributed by atoms with Gasteiger partial charge in [-0.2, -0.15) is 8.42 Å². The van der Waals surface area contributed by atoms with Gasteiger partial charge in [-0.25, -0.2) is 4.18 Å². The van der Waals surface area contributed by atoms with E-state index >= 15 is 0 Å². The highest BCUT2D eigenvalue weighted by molar-refractivity contribution is 7.80. The van der Waals surface area contributed by atoms with Crippen LogP contribution < -0.4 is 0 Å². The van der Waals surface area contributed by atoms with Gasteiger partial charge in [0, 0.05) is 12.8 Å². The van der Waals surface area contributed by atoms with E-state index in [1.165, 1.54) is 33.3 Å². The monoisotopic (exact) mass is 1240 g/mol. The summed E-state index contributed by atoms with van der Waals surface area (Å²) in [6.07, 6.45) is -36.7. The molecule has 0 aromatic rings. The van der Waals surface area contributed by atoms with Crippen molar-refractivity contribution in [3.05, 3.63) is 11.6 Å².